The third-order valence-electron chi connectivity index (χ3n) is 5.22. The lowest BCUT2D eigenvalue weighted by Gasteiger charge is -2.15. The van der Waals surface area contributed by atoms with Gasteiger partial charge in [-0.25, -0.2) is 4.68 Å². The maximum absolute atomic E-state index is 12.9. The molecular weight excluding hydrogens is 420 g/mol. The number of carbonyl (C=O) groups excluding carboxylic acids is 1. The summed E-state index contributed by atoms with van der Waals surface area (Å²) in [5.41, 5.74) is 7.90. The fourth-order valence-corrected chi connectivity index (χ4v) is 3.66. The number of nitrogens with two attached hydrogens (primary N) is 2. The molecule has 1 heterocycles. The lowest BCUT2D eigenvalue weighted by Crippen LogP contribution is -2.34. The van der Waals surface area contributed by atoms with E-state index >= 15 is 0 Å². The molecule has 3 aromatic carbocycles. The molecule has 33 heavy (non-hydrogen) atoms. The summed E-state index contributed by atoms with van der Waals surface area (Å²) in [6, 6.07) is 21.1. The van der Waals surface area contributed by atoms with Crippen molar-refractivity contribution in [2.24, 2.45) is 16.7 Å². The Hall–Kier alpha value is -4.53. The van der Waals surface area contributed by atoms with Gasteiger partial charge in [0.25, 0.3) is 5.91 Å². The fraction of sp³-hybridized carbons (Fsp3) is 0.125. The van der Waals surface area contributed by atoms with Gasteiger partial charge in [-0.3, -0.25) is 4.79 Å². The van der Waals surface area contributed by atoms with Crippen molar-refractivity contribution in [1.29, 1.82) is 0 Å². The van der Waals surface area contributed by atoms with Gasteiger partial charge in [-0.1, -0.05) is 42.5 Å². The van der Waals surface area contributed by atoms with Crippen molar-refractivity contribution in [3.05, 3.63) is 72.4 Å². The normalized spacial score (nSPS) is 11.4. The van der Waals surface area contributed by atoms with Crippen LogP contribution in [0.15, 0.2) is 71.8 Å². The Morgan fingerprint density at radius 3 is 2.39 bits per heavy atom. The molecule has 4 rings (SSSR count). The van der Waals surface area contributed by atoms with Crippen molar-refractivity contribution in [1.82, 2.24) is 15.1 Å². The van der Waals surface area contributed by atoms with Gasteiger partial charge in [0.1, 0.15) is 17.3 Å². The summed E-state index contributed by atoms with van der Waals surface area (Å²) in [7, 11) is 3.17. The van der Waals surface area contributed by atoms with E-state index in [-0.39, 0.29) is 18.1 Å². The molecule has 1 aromatic heterocycles. The molecule has 4 aromatic rings. The van der Waals surface area contributed by atoms with Gasteiger partial charge in [-0.15, -0.1) is 0 Å². The van der Waals surface area contributed by atoms with E-state index in [2.05, 4.69) is 15.5 Å². The van der Waals surface area contributed by atoms with Crippen LogP contribution in [0.3, 0.4) is 0 Å². The van der Waals surface area contributed by atoms with Crippen LogP contribution >= 0.6 is 0 Å². The molecule has 0 aliphatic heterocycles. The number of carbonyl (C=O) groups is 1. The molecule has 9 nitrogen and oxygen atoms in total. The molecule has 0 saturated heterocycles. The maximum atomic E-state index is 12.9. The summed E-state index contributed by atoms with van der Waals surface area (Å²) >= 11 is 0. The zero-order valence-corrected chi connectivity index (χ0v) is 18.3. The second-order valence-electron chi connectivity index (χ2n) is 7.17. The predicted octanol–water partition coefficient (Wildman–Crippen LogP) is 2.67. The van der Waals surface area contributed by atoms with Gasteiger partial charge >= 0.3 is 0 Å². The van der Waals surface area contributed by atoms with Gasteiger partial charge < -0.3 is 26.4 Å². The fourth-order valence-electron chi connectivity index (χ4n) is 3.66. The van der Waals surface area contributed by atoms with Gasteiger partial charge in [-0.05, 0) is 29.7 Å². The van der Waals surface area contributed by atoms with Gasteiger partial charge in [0, 0.05) is 5.39 Å². The zero-order chi connectivity index (χ0) is 23.4. The molecule has 0 saturated carbocycles. The van der Waals surface area contributed by atoms with E-state index < -0.39 is 5.91 Å². The summed E-state index contributed by atoms with van der Waals surface area (Å²) in [5.74, 6) is 6.01. The van der Waals surface area contributed by atoms with Crippen LogP contribution in [-0.2, 0) is 0 Å². The van der Waals surface area contributed by atoms with Crippen molar-refractivity contribution in [2.75, 3.05) is 20.8 Å². The number of ether oxygens (including phenoxy) is 2. The maximum Gasteiger partial charge on any atom is 0.272 e. The number of aromatic nitrogens is 2. The Balaban J connectivity index is 1.94. The monoisotopic (exact) mass is 444 g/mol. The Bertz CT molecular complexity index is 1320. The largest absolute Gasteiger partial charge is 0.496 e. The second-order valence-corrected chi connectivity index (χ2v) is 7.17. The Kier molecular flexibility index (Phi) is 6.12. The number of amides is 1. The summed E-state index contributed by atoms with van der Waals surface area (Å²) in [5, 5.41) is 12.7. The number of benzene rings is 3. The standard InChI is InChI=1S/C24H24N6O3/c1-32-20-11-6-12-21(33-2)23(20)19-13-17(24(31)27-14-22(25)28-26)29-30(19)18-10-5-8-15-7-3-4-9-16(15)18/h3-13H,14,26H2,1-2H3,(H2,25,28)(H,27,31). The van der Waals surface area contributed by atoms with Crippen LogP contribution in [0.4, 0.5) is 0 Å². The van der Waals surface area contributed by atoms with Crippen LogP contribution in [0.1, 0.15) is 10.5 Å². The Morgan fingerprint density at radius 1 is 1.03 bits per heavy atom. The highest BCUT2D eigenvalue weighted by atomic mass is 16.5. The molecule has 0 spiro atoms. The first-order chi connectivity index (χ1) is 16.1. The number of methoxy groups -OCH3 is 2. The SMILES string of the molecule is COc1cccc(OC)c1-c1cc(C(=O)NC/C(N)=N/N)nn1-c1cccc2ccccc12. The average Bonchev–Trinajstić information content (AvgIpc) is 3.30. The van der Waals surface area contributed by atoms with Crippen LogP contribution in [-0.4, -0.2) is 42.3 Å². The minimum atomic E-state index is -0.421. The molecule has 168 valence electrons. The van der Waals surface area contributed by atoms with Crippen LogP contribution in [0, 0.1) is 0 Å². The van der Waals surface area contributed by atoms with E-state index in [0.717, 1.165) is 16.5 Å². The second kappa shape index (κ2) is 9.31. The minimum Gasteiger partial charge on any atom is -0.496 e. The predicted molar refractivity (Wildman–Crippen MR) is 128 cm³/mol. The van der Waals surface area contributed by atoms with Crippen LogP contribution < -0.4 is 26.4 Å². The molecule has 5 N–H and O–H groups in total. The Labute approximate surface area is 190 Å². The third kappa shape index (κ3) is 4.16. The third-order valence-corrected chi connectivity index (χ3v) is 5.22. The molecular formula is C24H24N6O3. The molecule has 0 aliphatic carbocycles. The van der Waals surface area contributed by atoms with Crippen molar-refractivity contribution in [3.63, 3.8) is 0 Å². The topological polar surface area (TPSA) is 130 Å². The molecule has 0 fully saturated rings. The van der Waals surface area contributed by atoms with Gasteiger partial charge in [0.15, 0.2) is 5.69 Å². The van der Waals surface area contributed by atoms with E-state index in [9.17, 15) is 4.79 Å². The Morgan fingerprint density at radius 2 is 1.70 bits per heavy atom. The summed E-state index contributed by atoms with van der Waals surface area (Å²) in [4.78, 5) is 12.9. The number of hydrogen-bond donors (Lipinski definition) is 3. The molecule has 0 bridgehead atoms. The lowest BCUT2D eigenvalue weighted by atomic mass is 10.1. The van der Waals surface area contributed by atoms with Crippen LogP contribution in [0.2, 0.25) is 0 Å². The first-order valence-corrected chi connectivity index (χ1v) is 10.2. The smallest absolute Gasteiger partial charge is 0.272 e. The number of hydrogen-bond acceptors (Lipinski definition) is 6. The number of nitrogens with one attached hydrogen (secondary N) is 1. The van der Waals surface area contributed by atoms with Gasteiger partial charge in [0.05, 0.1) is 37.7 Å². The highest BCUT2D eigenvalue weighted by Gasteiger charge is 2.23. The van der Waals surface area contributed by atoms with E-state index in [1.807, 2.05) is 60.7 Å². The highest BCUT2D eigenvalue weighted by Crippen LogP contribution is 2.40. The number of fused-ring (bicyclic) bond motifs is 1. The summed E-state index contributed by atoms with van der Waals surface area (Å²) in [6.07, 6.45) is 0. The van der Waals surface area contributed by atoms with E-state index in [4.69, 9.17) is 21.1 Å². The number of hydrazone groups is 1. The van der Waals surface area contributed by atoms with Crippen molar-refractivity contribution in [3.8, 4) is 28.4 Å². The van der Waals surface area contributed by atoms with E-state index in [1.54, 1.807) is 25.0 Å². The molecule has 0 aliphatic rings. The first-order valence-electron chi connectivity index (χ1n) is 10.2. The van der Waals surface area contributed by atoms with Crippen molar-refractivity contribution in [2.45, 2.75) is 0 Å². The molecule has 0 unspecified atom stereocenters. The number of rotatable bonds is 7. The molecule has 0 radical (unpaired) electrons. The summed E-state index contributed by atoms with van der Waals surface area (Å²) < 4.78 is 13.0. The van der Waals surface area contributed by atoms with Gasteiger partial charge in [0.2, 0.25) is 0 Å². The highest BCUT2D eigenvalue weighted by molar-refractivity contribution is 5.97. The molecule has 0 atom stereocenters. The van der Waals surface area contributed by atoms with E-state index in [0.29, 0.717) is 22.8 Å². The van der Waals surface area contributed by atoms with Crippen molar-refractivity contribution < 1.29 is 14.3 Å². The molecule has 1 amide bonds. The summed E-state index contributed by atoms with van der Waals surface area (Å²) in [6.45, 7) is 0.00374. The first kappa shape index (κ1) is 21.7. The van der Waals surface area contributed by atoms with Gasteiger partial charge in [-0.2, -0.15) is 10.2 Å². The zero-order valence-electron chi connectivity index (χ0n) is 18.3. The average molecular weight is 444 g/mol. The van der Waals surface area contributed by atoms with Crippen LogP contribution in [0.25, 0.3) is 27.7 Å². The number of nitrogens with zero attached hydrogens (tertiary/aromatic N) is 3. The quantitative estimate of drug-likeness (QED) is 0.174. The van der Waals surface area contributed by atoms with Crippen LogP contribution in [0.5, 0.6) is 11.5 Å². The molecule has 9 heteroatoms. The van der Waals surface area contributed by atoms with Crippen molar-refractivity contribution >= 4 is 22.5 Å². The van der Waals surface area contributed by atoms with E-state index in [1.165, 1.54) is 0 Å². The number of amidine groups is 1. The minimum absolute atomic E-state index is 0.00374. The lowest BCUT2D eigenvalue weighted by molar-refractivity contribution is 0.0954.